The minimum absolute atomic E-state index is 0.118. The quantitative estimate of drug-likeness (QED) is 0.409. The van der Waals surface area contributed by atoms with Crippen molar-refractivity contribution in [2.45, 2.75) is 26.8 Å². The van der Waals surface area contributed by atoms with Gasteiger partial charge in [0.25, 0.3) is 11.5 Å². The smallest absolute Gasteiger partial charge is 0.350 e. The number of rotatable bonds is 7. The van der Waals surface area contributed by atoms with Gasteiger partial charge in [0.2, 0.25) is 0 Å². The van der Waals surface area contributed by atoms with Crippen molar-refractivity contribution in [3.63, 3.8) is 0 Å². The van der Waals surface area contributed by atoms with Crippen LogP contribution in [0.4, 0.5) is 5.13 Å². The van der Waals surface area contributed by atoms with E-state index in [1.54, 1.807) is 31.2 Å². The predicted molar refractivity (Wildman–Crippen MR) is 128 cm³/mol. The number of hydrogen-bond acceptors (Lipinski definition) is 7. The van der Waals surface area contributed by atoms with Crippen LogP contribution in [0.15, 0.2) is 59.4 Å². The van der Waals surface area contributed by atoms with Crippen molar-refractivity contribution in [2.75, 3.05) is 11.9 Å². The van der Waals surface area contributed by atoms with Crippen LogP contribution in [0.2, 0.25) is 0 Å². The van der Waals surface area contributed by atoms with Gasteiger partial charge in [0.05, 0.1) is 17.7 Å². The van der Waals surface area contributed by atoms with Crippen LogP contribution < -0.4 is 10.9 Å². The molecule has 4 rings (SSSR count). The molecule has 1 N–H and O–H groups in total. The van der Waals surface area contributed by atoms with Crippen molar-refractivity contribution in [2.24, 2.45) is 0 Å². The molecule has 0 fully saturated rings. The highest BCUT2D eigenvalue weighted by atomic mass is 32.1. The summed E-state index contributed by atoms with van der Waals surface area (Å²) < 4.78 is 6.48. The second-order valence-electron chi connectivity index (χ2n) is 7.16. The van der Waals surface area contributed by atoms with E-state index in [0.29, 0.717) is 34.3 Å². The van der Waals surface area contributed by atoms with Gasteiger partial charge in [0.1, 0.15) is 4.88 Å². The third-order valence-corrected chi connectivity index (χ3v) is 5.82. The van der Waals surface area contributed by atoms with Gasteiger partial charge in [-0.05, 0) is 19.4 Å². The van der Waals surface area contributed by atoms with Crippen molar-refractivity contribution in [3.8, 4) is 11.3 Å². The van der Waals surface area contributed by atoms with Gasteiger partial charge in [-0.1, -0.05) is 66.8 Å². The molecule has 0 saturated carbocycles. The maximum Gasteiger partial charge on any atom is 0.350 e. The van der Waals surface area contributed by atoms with Gasteiger partial charge in [-0.3, -0.25) is 14.9 Å². The van der Waals surface area contributed by atoms with Crippen LogP contribution in [-0.4, -0.2) is 33.2 Å². The lowest BCUT2D eigenvalue weighted by atomic mass is 10.1. The zero-order valence-corrected chi connectivity index (χ0v) is 19.0. The number of nitrogens with zero attached hydrogens (tertiary/aromatic N) is 3. The molecule has 168 valence electrons. The van der Waals surface area contributed by atoms with Crippen molar-refractivity contribution in [1.82, 2.24) is 14.8 Å². The van der Waals surface area contributed by atoms with Gasteiger partial charge in [0.15, 0.2) is 10.8 Å². The third kappa shape index (κ3) is 4.54. The summed E-state index contributed by atoms with van der Waals surface area (Å²) in [6, 6.07) is 16.1. The van der Waals surface area contributed by atoms with E-state index in [0.717, 1.165) is 16.9 Å². The summed E-state index contributed by atoms with van der Waals surface area (Å²) in [5, 5.41) is 8.18. The van der Waals surface area contributed by atoms with E-state index in [2.05, 4.69) is 15.4 Å². The van der Waals surface area contributed by atoms with Crippen LogP contribution in [0.3, 0.4) is 0 Å². The van der Waals surface area contributed by atoms with Gasteiger partial charge in [0, 0.05) is 17.5 Å². The normalized spacial score (nSPS) is 10.8. The van der Waals surface area contributed by atoms with E-state index in [9.17, 15) is 14.4 Å². The monoisotopic (exact) mass is 462 g/mol. The fraction of sp³-hybridized carbons (Fsp3) is 0.208. The molecule has 4 aromatic rings. The molecule has 0 radical (unpaired) electrons. The van der Waals surface area contributed by atoms with Crippen LogP contribution >= 0.6 is 11.3 Å². The number of nitrogens with one attached hydrogen (secondary N) is 1. The second kappa shape index (κ2) is 9.74. The summed E-state index contributed by atoms with van der Waals surface area (Å²) in [7, 11) is 0. The highest BCUT2D eigenvalue weighted by Crippen LogP contribution is 2.32. The molecule has 0 unspecified atom stereocenters. The highest BCUT2D eigenvalue weighted by molar-refractivity contribution is 7.18. The van der Waals surface area contributed by atoms with Crippen molar-refractivity contribution < 1.29 is 14.3 Å². The molecule has 2 aromatic heterocycles. The first-order valence-corrected chi connectivity index (χ1v) is 11.4. The van der Waals surface area contributed by atoms with E-state index in [4.69, 9.17) is 4.74 Å². The molecule has 33 heavy (non-hydrogen) atoms. The number of fused-ring (bicyclic) bond motifs is 1. The Hall–Kier alpha value is -3.85. The van der Waals surface area contributed by atoms with Gasteiger partial charge < -0.3 is 4.74 Å². The first-order chi connectivity index (χ1) is 16.0. The minimum atomic E-state index is -0.514. The lowest BCUT2D eigenvalue weighted by molar-refractivity contribution is 0.0532. The van der Waals surface area contributed by atoms with Gasteiger partial charge in [-0.15, -0.1) is 0 Å². The Morgan fingerprint density at radius 3 is 2.42 bits per heavy atom. The lowest BCUT2D eigenvalue weighted by Crippen LogP contribution is -2.27. The number of aromatic nitrogens is 3. The standard InChI is InChI=1S/C24H22N4O4S/c1-3-14-28-22(30)17-13-9-8-12-16(17)19(27-28)21(29)26-24-25-18(15-10-6-5-7-11-15)20(33-24)23(31)32-4-2/h5-13H,3-4,14H2,1-2H3,(H,25,26,29). The fourth-order valence-corrected chi connectivity index (χ4v) is 4.30. The number of esters is 1. The summed E-state index contributed by atoms with van der Waals surface area (Å²) in [4.78, 5) is 43.2. The number of ether oxygens (including phenoxy) is 1. The molecule has 9 heteroatoms. The van der Waals surface area contributed by atoms with Gasteiger partial charge in [-0.25, -0.2) is 14.5 Å². The number of aryl methyl sites for hydroxylation is 1. The molecular formula is C24H22N4O4S. The Kier molecular flexibility index (Phi) is 6.60. The Morgan fingerprint density at radius 2 is 1.73 bits per heavy atom. The van der Waals surface area contributed by atoms with Crippen LogP contribution in [-0.2, 0) is 11.3 Å². The second-order valence-corrected chi connectivity index (χ2v) is 8.16. The molecule has 0 atom stereocenters. The van der Waals surface area contributed by atoms with Crippen LogP contribution in [0.25, 0.3) is 22.0 Å². The molecule has 2 aromatic carbocycles. The van der Waals surface area contributed by atoms with E-state index in [-0.39, 0.29) is 23.0 Å². The average molecular weight is 463 g/mol. The van der Waals surface area contributed by atoms with E-state index in [1.807, 2.05) is 37.3 Å². The molecule has 8 nitrogen and oxygen atoms in total. The average Bonchev–Trinajstić information content (AvgIpc) is 3.25. The largest absolute Gasteiger partial charge is 0.462 e. The number of carbonyl (C=O) groups is 2. The molecular weight excluding hydrogens is 440 g/mol. The molecule has 2 heterocycles. The van der Waals surface area contributed by atoms with Gasteiger partial charge in [-0.2, -0.15) is 5.10 Å². The fourth-order valence-electron chi connectivity index (χ4n) is 3.42. The SMILES string of the molecule is CCCn1nc(C(=O)Nc2nc(-c3ccccc3)c(C(=O)OCC)s2)c2ccccc2c1=O. The Balaban J connectivity index is 1.75. The zero-order valence-electron chi connectivity index (χ0n) is 18.2. The maximum atomic E-state index is 13.2. The van der Waals surface area contributed by atoms with Crippen LogP contribution in [0, 0.1) is 0 Å². The van der Waals surface area contributed by atoms with E-state index >= 15 is 0 Å². The summed E-state index contributed by atoms with van der Waals surface area (Å²) >= 11 is 1.03. The number of amides is 1. The Morgan fingerprint density at radius 1 is 1.03 bits per heavy atom. The Labute approximate surface area is 193 Å². The molecule has 0 bridgehead atoms. The molecule has 0 aliphatic rings. The lowest BCUT2D eigenvalue weighted by Gasteiger charge is -2.09. The first kappa shape index (κ1) is 22.3. The van der Waals surface area contributed by atoms with E-state index < -0.39 is 11.9 Å². The van der Waals surface area contributed by atoms with Crippen LogP contribution in [0.5, 0.6) is 0 Å². The Bertz CT molecular complexity index is 1380. The first-order valence-electron chi connectivity index (χ1n) is 10.6. The van der Waals surface area contributed by atoms with E-state index in [1.165, 1.54) is 4.68 Å². The molecule has 0 spiro atoms. The molecule has 0 aliphatic carbocycles. The predicted octanol–water partition coefficient (Wildman–Crippen LogP) is 4.36. The summed E-state index contributed by atoms with van der Waals surface area (Å²) in [6.07, 6.45) is 0.697. The molecule has 1 amide bonds. The highest BCUT2D eigenvalue weighted by Gasteiger charge is 2.23. The number of benzene rings is 2. The third-order valence-electron chi connectivity index (χ3n) is 4.87. The maximum absolute atomic E-state index is 13.2. The molecule has 0 saturated heterocycles. The van der Waals surface area contributed by atoms with Gasteiger partial charge >= 0.3 is 5.97 Å². The number of thiazole rings is 1. The zero-order chi connectivity index (χ0) is 23.4. The van der Waals surface area contributed by atoms with Crippen molar-refractivity contribution in [1.29, 1.82) is 0 Å². The minimum Gasteiger partial charge on any atom is -0.462 e. The van der Waals surface area contributed by atoms with Crippen molar-refractivity contribution in [3.05, 3.63) is 75.5 Å². The summed E-state index contributed by atoms with van der Waals surface area (Å²) in [5.41, 5.74) is 1.04. The van der Waals surface area contributed by atoms with Crippen molar-refractivity contribution >= 4 is 39.1 Å². The number of hydrogen-bond donors (Lipinski definition) is 1. The number of anilines is 1. The van der Waals surface area contributed by atoms with Crippen LogP contribution in [0.1, 0.15) is 40.4 Å². The topological polar surface area (TPSA) is 103 Å². The molecule has 0 aliphatic heterocycles. The summed E-state index contributed by atoms with van der Waals surface area (Å²) in [6.45, 7) is 4.28. The number of carbonyl (C=O) groups excluding carboxylic acids is 2. The summed E-state index contributed by atoms with van der Waals surface area (Å²) in [5.74, 6) is -1.02.